The zero-order valence-corrected chi connectivity index (χ0v) is 15.5. The third-order valence-electron chi connectivity index (χ3n) is 4.67. The maximum Gasteiger partial charge on any atom is 0.266 e. The highest BCUT2D eigenvalue weighted by atomic mass is 35.5. The zero-order chi connectivity index (χ0) is 18.4. The van der Waals surface area contributed by atoms with Crippen LogP contribution in [0.5, 0.6) is 0 Å². The van der Waals surface area contributed by atoms with Crippen molar-refractivity contribution in [2.75, 3.05) is 26.2 Å². The maximum absolute atomic E-state index is 12.0. The van der Waals surface area contributed by atoms with Crippen LogP contribution in [-0.2, 0) is 11.3 Å². The van der Waals surface area contributed by atoms with E-state index >= 15 is 0 Å². The van der Waals surface area contributed by atoms with Crippen molar-refractivity contribution in [1.29, 1.82) is 0 Å². The van der Waals surface area contributed by atoms with Crippen molar-refractivity contribution in [3.8, 4) is 11.3 Å². The minimum Gasteiger partial charge on any atom is -0.350 e. The van der Waals surface area contributed by atoms with Crippen LogP contribution >= 0.6 is 11.6 Å². The number of amides is 1. The molecule has 138 valence electrons. The summed E-state index contributed by atoms with van der Waals surface area (Å²) in [6, 6.07) is 10.4. The van der Waals surface area contributed by atoms with Gasteiger partial charge in [-0.2, -0.15) is 5.10 Å². The number of carbonyl (C=O) groups excluding carboxylic acids is 1. The Kier molecular flexibility index (Phi) is 6.41. The van der Waals surface area contributed by atoms with E-state index in [1.165, 1.54) is 36.7 Å². The summed E-state index contributed by atoms with van der Waals surface area (Å²) >= 11 is 5.90. The Bertz CT molecular complexity index is 798. The molecule has 2 aromatic rings. The molecule has 0 unspecified atom stereocenters. The standard InChI is InChI=1S/C19H23ClN4O2/c20-16-5-3-15(4-6-16)17-7-8-19(26)24(22-17)13-9-18(25)21-10-14-23-11-1-2-12-23/h3-8H,1-2,9-14H2,(H,21,25)/p+1. The second kappa shape index (κ2) is 8.96. The van der Waals surface area contributed by atoms with Gasteiger partial charge in [-0.25, -0.2) is 4.68 Å². The average Bonchev–Trinajstić information content (AvgIpc) is 3.15. The molecule has 1 aromatic carbocycles. The van der Waals surface area contributed by atoms with E-state index in [1.807, 2.05) is 12.1 Å². The lowest BCUT2D eigenvalue weighted by atomic mass is 10.1. The highest BCUT2D eigenvalue weighted by molar-refractivity contribution is 6.30. The summed E-state index contributed by atoms with van der Waals surface area (Å²) in [6.45, 7) is 4.32. The molecule has 1 aliphatic rings. The Hall–Kier alpha value is -2.18. The molecule has 0 bridgehead atoms. The average molecular weight is 376 g/mol. The predicted molar refractivity (Wildman–Crippen MR) is 101 cm³/mol. The number of benzene rings is 1. The van der Waals surface area contributed by atoms with Gasteiger partial charge < -0.3 is 10.2 Å². The van der Waals surface area contributed by atoms with Crippen LogP contribution in [0.4, 0.5) is 0 Å². The smallest absolute Gasteiger partial charge is 0.266 e. The summed E-state index contributed by atoms with van der Waals surface area (Å²) in [5, 5.41) is 7.95. The Morgan fingerprint density at radius 2 is 1.88 bits per heavy atom. The number of nitrogens with zero attached hydrogens (tertiary/aromatic N) is 2. The van der Waals surface area contributed by atoms with Crippen molar-refractivity contribution in [2.24, 2.45) is 0 Å². The Morgan fingerprint density at radius 1 is 1.15 bits per heavy atom. The van der Waals surface area contributed by atoms with Crippen LogP contribution in [0.25, 0.3) is 11.3 Å². The largest absolute Gasteiger partial charge is 0.350 e. The fraction of sp³-hybridized carbons (Fsp3) is 0.421. The quantitative estimate of drug-likeness (QED) is 0.750. The molecular formula is C19H24ClN4O2+. The Morgan fingerprint density at radius 3 is 2.62 bits per heavy atom. The van der Waals surface area contributed by atoms with E-state index in [4.69, 9.17) is 11.6 Å². The summed E-state index contributed by atoms with van der Waals surface area (Å²) in [7, 11) is 0. The van der Waals surface area contributed by atoms with Crippen LogP contribution < -0.4 is 15.8 Å². The third kappa shape index (κ3) is 5.16. The molecule has 1 amide bonds. The van der Waals surface area contributed by atoms with E-state index in [-0.39, 0.29) is 24.4 Å². The maximum atomic E-state index is 12.0. The molecule has 1 aromatic heterocycles. The van der Waals surface area contributed by atoms with Crippen LogP contribution in [-0.4, -0.2) is 41.9 Å². The van der Waals surface area contributed by atoms with E-state index < -0.39 is 0 Å². The van der Waals surface area contributed by atoms with Crippen molar-refractivity contribution >= 4 is 17.5 Å². The number of hydrogen-bond donors (Lipinski definition) is 2. The van der Waals surface area contributed by atoms with E-state index in [2.05, 4.69) is 10.4 Å². The number of quaternary nitrogens is 1. The second-order valence-electron chi connectivity index (χ2n) is 6.59. The monoisotopic (exact) mass is 375 g/mol. The SMILES string of the molecule is O=C(CCn1nc(-c2ccc(Cl)cc2)ccc1=O)NCC[NH+]1CCCC1. The number of halogens is 1. The van der Waals surface area contributed by atoms with Crippen molar-refractivity contribution in [1.82, 2.24) is 15.1 Å². The number of rotatable bonds is 7. The summed E-state index contributed by atoms with van der Waals surface area (Å²) in [6.07, 6.45) is 2.80. The molecule has 3 rings (SSSR count). The lowest BCUT2D eigenvalue weighted by Crippen LogP contribution is -3.10. The minimum absolute atomic E-state index is 0.0470. The molecule has 1 aliphatic heterocycles. The van der Waals surface area contributed by atoms with Crippen LogP contribution in [0.15, 0.2) is 41.2 Å². The van der Waals surface area contributed by atoms with Gasteiger partial charge in [0.15, 0.2) is 0 Å². The summed E-state index contributed by atoms with van der Waals surface area (Å²) < 4.78 is 1.34. The number of nitrogens with one attached hydrogen (secondary N) is 2. The van der Waals surface area contributed by atoms with E-state index in [1.54, 1.807) is 23.1 Å². The van der Waals surface area contributed by atoms with Crippen LogP contribution in [0.1, 0.15) is 19.3 Å². The number of carbonyl (C=O) groups is 1. The van der Waals surface area contributed by atoms with Gasteiger partial charge in [0.25, 0.3) is 5.56 Å². The molecule has 0 radical (unpaired) electrons. The molecular weight excluding hydrogens is 352 g/mol. The van der Waals surface area contributed by atoms with Gasteiger partial charge >= 0.3 is 0 Å². The lowest BCUT2D eigenvalue weighted by molar-refractivity contribution is -0.886. The molecule has 2 heterocycles. The molecule has 0 saturated carbocycles. The van der Waals surface area contributed by atoms with Crippen molar-refractivity contribution < 1.29 is 9.69 Å². The van der Waals surface area contributed by atoms with Crippen LogP contribution in [0.3, 0.4) is 0 Å². The number of likely N-dealkylation sites (tertiary alicyclic amines) is 1. The summed E-state index contributed by atoms with van der Waals surface area (Å²) in [4.78, 5) is 25.6. The summed E-state index contributed by atoms with van der Waals surface area (Å²) in [5.74, 6) is -0.0470. The van der Waals surface area contributed by atoms with Crippen molar-refractivity contribution in [2.45, 2.75) is 25.8 Å². The van der Waals surface area contributed by atoms with E-state index in [0.717, 1.165) is 12.1 Å². The van der Waals surface area contributed by atoms with Crippen molar-refractivity contribution in [3.63, 3.8) is 0 Å². The van der Waals surface area contributed by atoms with Crippen LogP contribution in [0, 0.1) is 0 Å². The zero-order valence-electron chi connectivity index (χ0n) is 14.7. The molecule has 2 N–H and O–H groups in total. The first-order valence-corrected chi connectivity index (χ1v) is 9.44. The summed E-state index contributed by atoms with van der Waals surface area (Å²) in [5.41, 5.74) is 1.34. The molecule has 0 spiro atoms. The van der Waals surface area contributed by atoms with Gasteiger partial charge in [-0.05, 0) is 18.2 Å². The van der Waals surface area contributed by atoms with Gasteiger partial charge in [-0.15, -0.1) is 0 Å². The third-order valence-corrected chi connectivity index (χ3v) is 4.92. The molecule has 1 saturated heterocycles. The first kappa shape index (κ1) is 18.6. The number of hydrogen-bond acceptors (Lipinski definition) is 3. The molecule has 7 heteroatoms. The molecule has 0 aliphatic carbocycles. The molecule has 0 atom stereocenters. The highest BCUT2D eigenvalue weighted by Crippen LogP contribution is 2.18. The first-order valence-electron chi connectivity index (χ1n) is 9.06. The van der Waals surface area contributed by atoms with E-state index in [0.29, 0.717) is 17.3 Å². The predicted octanol–water partition coefficient (Wildman–Crippen LogP) is 0.749. The Balaban J connectivity index is 1.53. The topological polar surface area (TPSA) is 68.4 Å². The lowest BCUT2D eigenvalue weighted by Gasteiger charge is -2.12. The highest BCUT2D eigenvalue weighted by Gasteiger charge is 2.14. The van der Waals surface area contributed by atoms with Gasteiger partial charge in [0.1, 0.15) is 0 Å². The van der Waals surface area contributed by atoms with Crippen LogP contribution in [0.2, 0.25) is 5.02 Å². The number of aromatic nitrogens is 2. The van der Waals surface area contributed by atoms with Gasteiger partial charge in [-0.1, -0.05) is 23.7 Å². The fourth-order valence-electron chi connectivity index (χ4n) is 3.18. The minimum atomic E-state index is -0.211. The van der Waals surface area contributed by atoms with Gasteiger partial charge in [-0.3, -0.25) is 9.59 Å². The molecule has 1 fully saturated rings. The number of aryl methyl sites for hydroxylation is 1. The van der Waals surface area contributed by atoms with Crippen molar-refractivity contribution in [3.05, 3.63) is 51.8 Å². The van der Waals surface area contributed by atoms with Gasteiger partial charge in [0.2, 0.25) is 5.91 Å². The fourth-order valence-corrected chi connectivity index (χ4v) is 3.31. The Labute approximate surface area is 157 Å². The molecule has 6 nitrogen and oxygen atoms in total. The second-order valence-corrected chi connectivity index (χ2v) is 7.03. The normalized spacial score (nSPS) is 14.5. The van der Waals surface area contributed by atoms with Gasteiger partial charge in [0, 0.05) is 35.9 Å². The first-order chi connectivity index (χ1) is 12.6. The molecule has 26 heavy (non-hydrogen) atoms. The van der Waals surface area contributed by atoms with Gasteiger partial charge in [0.05, 0.1) is 38.4 Å². The van der Waals surface area contributed by atoms with E-state index in [9.17, 15) is 9.59 Å².